The van der Waals surface area contributed by atoms with Gasteiger partial charge in [-0.1, -0.05) is 24.3 Å². The smallest absolute Gasteiger partial charge is 0.174 e. The van der Waals surface area contributed by atoms with Crippen LogP contribution in [-0.2, 0) is 13.2 Å². The highest BCUT2D eigenvalue weighted by molar-refractivity contribution is 14.1. The monoisotopic (exact) mass is 491 g/mol. The molecule has 1 N–H and O–H groups in total. The van der Waals surface area contributed by atoms with Crippen molar-refractivity contribution < 1.29 is 13.9 Å². The number of methoxy groups -OCH3 is 1. The molecule has 0 radical (unpaired) electrons. The molecule has 3 aromatic rings. The number of benzene rings is 3. The molecule has 3 nitrogen and oxygen atoms in total. The minimum absolute atomic E-state index is 0.253. The number of rotatable bonds is 7. The Bertz CT molecular complexity index is 958. The summed E-state index contributed by atoms with van der Waals surface area (Å²) in [4.78, 5) is 0. The van der Waals surface area contributed by atoms with Crippen molar-refractivity contribution in [2.75, 3.05) is 12.4 Å². The van der Waals surface area contributed by atoms with E-state index in [1.165, 1.54) is 23.3 Å². The fourth-order valence-electron chi connectivity index (χ4n) is 2.89. The Morgan fingerprint density at radius 3 is 2.46 bits per heavy atom. The van der Waals surface area contributed by atoms with Crippen LogP contribution in [0.4, 0.5) is 10.1 Å². The van der Waals surface area contributed by atoms with Gasteiger partial charge in [-0.2, -0.15) is 0 Å². The van der Waals surface area contributed by atoms with Gasteiger partial charge in [0.2, 0.25) is 0 Å². The number of halogens is 2. The van der Waals surface area contributed by atoms with Gasteiger partial charge in [0, 0.05) is 12.2 Å². The van der Waals surface area contributed by atoms with Crippen LogP contribution in [0.1, 0.15) is 22.3 Å². The van der Waals surface area contributed by atoms with Gasteiger partial charge in [-0.25, -0.2) is 4.39 Å². The zero-order valence-corrected chi connectivity index (χ0v) is 18.3. The van der Waals surface area contributed by atoms with E-state index < -0.39 is 0 Å². The molecular weight excluding hydrogens is 468 g/mol. The van der Waals surface area contributed by atoms with Gasteiger partial charge in [0.25, 0.3) is 0 Å². The van der Waals surface area contributed by atoms with Gasteiger partial charge in [-0.15, -0.1) is 0 Å². The van der Waals surface area contributed by atoms with Gasteiger partial charge in [0.1, 0.15) is 12.4 Å². The highest BCUT2D eigenvalue weighted by atomic mass is 127. The maximum Gasteiger partial charge on any atom is 0.174 e. The van der Waals surface area contributed by atoms with Crippen molar-refractivity contribution in [3.05, 3.63) is 86.2 Å². The van der Waals surface area contributed by atoms with Crippen molar-refractivity contribution in [3.8, 4) is 11.5 Å². The molecule has 0 unspecified atom stereocenters. The molecule has 0 amide bonds. The number of nitrogens with one attached hydrogen (secondary N) is 1. The third kappa shape index (κ3) is 4.95. The average molecular weight is 491 g/mol. The fraction of sp³-hybridized carbons (Fsp3) is 0.217. The summed E-state index contributed by atoms with van der Waals surface area (Å²) in [6.45, 7) is 5.27. The Morgan fingerprint density at radius 1 is 1.00 bits per heavy atom. The lowest BCUT2D eigenvalue weighted by Crippen LogP contribution is -2.04. The number of aryl methyl sites for hydroxylation is 1. The standard InChI is InChI=1S/C23H23FINO2/c1-15-5-4-6-21(16(15)2)26-13-18-11-20(25)23(22(12-18)27-3)28-14-17-7-9-19(24)10-8-17/h4-12,26H,13-14H2,1-3H3. The van der Waals surface area contributed by atoms with E-state index >= 15 is 0 Å². The fourth-order valence-corrected chi connectivity index (χ4v) is 3.71. The number of hydrogen-bond donors (Lipinski definition) is 1. The van der Waals surface area contributed by atoms with Crippen LogP contribution in [0, 0.1) is 23.2 Å². The molecule has 5 heteroatoms. The molecule has 0 atom stereocenters. The van der Waals surface area contributed by atoms with Crippen molar-refractivity contribution in [1.82, 2.24) is 0 Å². The normalized spacial score (nSPS) is 10.6. The molecule has 3 rings (SSSR count). The lowest BCUT2D eigenvalue weighted by Gasteiger charge is -2.16. The molecule has 0 spiro atoms. The van der Waals surface area contributed by atoms with E-state index in [1.807, 2.05) is 6.07 Å². The lowest BCUT2D eigenvalue weighted by molar-refractivity contribution is 0.282. The van der Waals surface area contributed by atoms with Gasteiger partial charge in [0.05, 0.1) is 10.7 Å². The van der Waals surface area contributed by atoms with Crippen LogP contribution in [0.2, 0.25) is 0 Å². The third-order valence-corrected chi connectivity index (χ3v) is 5.47. The van der Waals surface area contributed by atoms with Crippen molar-refractivity contribution >= 4 is 28.3 Å². The van der Waals surface area contributed by atoms with Crippen molar-refractivity contribution in [1.29, 1.82) is 0 Å². The maximum absolute atomic E-state index is 13.1. The van der Waals surface area contributed by atoms with E-state index in [4.69, 9.17) is 9.47 Å². The highest BCUT2D eigenvalue weighted by Crippen LogP contribution is 2.35. The van der Waals surface area contributed by atoms with Gasteiger partial charge >= 0.3 is 0 Å². The minimum atomic E-state index is -0.253. The Labute approximate surface area is 179 Å². The third-order valence-electron chi connectivity index (χ3n) is 4.67. The summed E-state index contributed by atoms with van der Waals surface area (Å²) in [5, 5.41) is 3.50. The molecule has 28 heavy (non-hydrogen) atoms. The molecule has 0 heterocycles. The second-order valence-electron chi connectivity index (χ2n) is 6.63. The van der Waals surface area contributed by atoms with Gasteiger partial charge in [-0.3, -0.25) is 0 Å². The summed E-state index contributed by atoms with van der Waals surface area (Å²) < 4.78 is 25.5. The van der Waals surface area contributed by atoms with Crippen LogP contribution in [0.15, 0.2) is 54.6 Å². The number of hydrogen-bond acceptors (Lipinski definition) is 3. The topological polar surface area (TPSA) is 30.5 Å². The summed E-state index contributed by atoms with van der Waals surface area (Å²) in [5.74, 6) is 1.13. The Balaban J connectivity index is 1.73. The minimum Gasteiger partial charge on any atom is -0.493 e. The quantitative estimate of drug-likeness (QED) is 0.397. The van der Waals surface area contributed by atoms with E-state index in [9.17, 15) is 4.39 Å². The van der Waals surface area contributed by atoms with Crippen LogP contribution in [0.5, 0.6) is 11.5 Å². The summed E-state index contributed by atoms with van der Waals surface area (Å²) in [5.41, 5.74) is 5.66. The van der Waals surface area contributed by atoms with Gasteiger partial charge < -0.3 is 14.8 Å². The average Bonchev–Trinajstić information content (AvgIpc) is 2.69. The van der Waals surface area contributed by atoms with Crippen molar-refractivity contribution in [3.63, 3.8) is 0 Å². The highest BCUT2D eigenvalue weighted by Gasteiger charge is 2.12. The van der Waals surface area contributed by atoms with Crippen LogP contribution in [0.3, 0.4) is 0 Å². The van der Waals surface area contributed by atoms with Gasteiger partial charge in [-0.05, 0) is 89.0 Å². The van der Waals surface area contributed by atoms with Crippen LogP contribution in [0.25, 0.3) is 0 Å². The molecule has 3 aromatic carbocycles. The molecule has 0 saturated carbocycles. The molecular formula is C23H23FINO2. The molecule has 146 valence electrons. The largest absolute Gasteiger partial charge is 0.493 e. The Morgan fingerprint density at radius 2 is 1.75 bits per heavy atom. The first-order valence-corrected chi connectivity index (χ1v) is 10.1. The van der Waals surface area contributed by atoms with Crippen molar-refractivity contribution in [2.24, 2.45) is 0 Å². The molecule has 0 bridgehead atoms. The lowest BCUT2D eigenvalue weighted by atomic mass is 10.1. The maximum atomic E-state index is 13.1. The Kier molecular flexibility index (Phi) is 6.78. The SMILES string of the molecule is COc1cc(CNc2cccc(C)c2C)cc(I)c1OCc1ccc(F)cc1. The van der Waals surface area contributed by atoms with E-state index in [2.05, 4.69) is 66.0 Å². The van der Waals surface area contributed by atoms with E-state index in [-0.39, 0.29) is 5.82 Å². The molecule has 0 aliphatic rings. The molecule has 0 fully saturated rings. The zero-order valence-electron chi connectivity index (χ0n) is 16.2. The molecule has 0 aliphatic heterocycles. The molecule has 0 aliphatic carbocycles. The van der Waals surface area contributed by atoms with Crippen LogP contribution in [-0.4, -0.2) is 7.11 Å². The summed E-state index contributed by atoms with van der Waals surface area (Å²) in [7, 11) is 1.64. The summed E-state index contributed by atoms with van der Waals surface area (Å²) in [6, 6.07) is 16.6. The Hall–Kier alpha value is -2.28. The van der Waals surface area contributed by atoms with Crippen LogP contribution < -0.4 is 14.8 Å². The first kappa shape index (κ1) is 20.5. The van der Waals surface area contributed by atoms with E-state index in [1.54, 1.807) is 19.2 Å². The predicted molar refractivity (Wildman–Crippen MR) is 120 cm³/mol. The summed E-state index contributed by atoms with van der Waals surface area (Å²) in [6.07, 6.45) is 0. The van der Waals surface area contributed by atoms with E-state index in [0.29, 0.717) is 24.7 Å². The zero-order chi connectivity index (χ0) is 20.1. The first-order valence-electron chi connectivity index (χ1n) is 9.01. The molecule has 0 saturated heterocycles. The molecule has 0 aromatic heterocycles. The predicted octanol–water partition coefficient (Wildman–Crippen LogP) is 6.25. The van der Waals surface area contributed by atoms with Gasteiger partial charge in [0.15, 0.2) is 11.5 Å². The first-order chi connectivity index (χ1) is 13.5. The number of ether oxygens (including phenoxy) is 2. The van der Waals surface area contributed by atoms with E-state index in [0.717, 1.165) is 20.4 Å². The van der Waals surface area contributed by atoms with Crippen molar-refractivity contribution in [2.45, 2.75) is 27.0 Å². The second-order valence-corrected chi connectivity index (χ2v) is 7.79. The number of anilines is 1. The summed E-state index contributed by atoms with van der Waals surface area (Å²) >= 11 is 2.26. The second kappa shape index (κ2) is 9.28. The van der Waals surface area contributed by atoms with Crippen LogP contribution >= 0.6 is 22.6 Å².